The predicted octanol–water partition coefficient (Wildman–Crippen LogP) is 1.44. The SMILES string of the molecule is CN(C[C@H]1COCCO1)S(=O)(=O)c1ccc(Cl)s1. The van der Waals surface area contributed by atoms with Crippen molar-refractivity contribution >= 4 is 33.0 Å². The summed E-state index contributed by atoms with van der Waals surface area (Å²) in [5.74, 6) is 0. The van der Waals surface area contributed by atoms with E-state index in [4.69, 9.17) is 21.1 Å². The molecule has 2 rings (SSSR count). The van der Waals surface area contributed by atoms with Crippen LogP contribution < -0.4 is 0 Å². The summed E-state index contributed by atoms with van der Waals surface area (Å²) in [7, 11) is -1.96. The van der Waals surface area contributed by atoms with Crippen molar-refractivity contribution in [2.75, 3.05) is 33.4 Å². The number of likely N-dealkylation sites (N-methyl/N-ethyl adjacent to an activating group) is 1. The van der Waals surface area contributed by atoms with Gasteiger partial charge in [0, 0.05) is 13.6 Å². The third-order valence-corrected chi connectivity index (χ3v) is 6.08. The zero-order valence-corrected chi connectivity index (χ0v) is 12.2. The van der Waals surface area contributed by atoms with Crippen LogP contribution in [-0.4, -0.2) is 52.2 Å². The summed E-state index contributed by atoms with van der Waals surface area (Å²) in [5, 5.41) is 0. The minimum absolute atomic E-state index is 0.214. The molecular formula is C10H14ClNO4S2. The Labute approximate surface area is 115 Å². The first kappa shape index (κ1) is 14.2. The van der Waals surface area contributed by atoms with Gasteiger partial charge in [-0.2, -0.15) is 4.31 Å². The molecule has 5 nitrogen and oxygen atoms in total. The zero-order valence-electron chi connectivity index (χ0n) is 9.84. The molecule has 0 saturated carbocycles. The lowest BCUT2D eigenvalue weighted by atomic mass is 10.3. The van der Waals surface area contributed by atoms with E-state index >= 15 is 0 Å². The van der Waals surface area contributed by atoms with Gasteiger partial charge in [0.25, 0.3) is 10.0 Å². The first-order valence-corrected chi connectivity index (χ1v) is 8.04. The molecule has 0 unspecified atom stereocenters. The van der Waals surface area contributed by atoms with Crippen molar-refractivity contribution < 1.29 is 17.9 Å². The summed E-state index contributed by atoms with van der Waals surface area (Å²) in [6.45, 7) is 1.76. The van der Waals surface area contributed by atoms with Crippen LogP contribution >= 0.6 is 22.9 Å². The Kier molecular flexibility index (Phi) is 4.63. The summed E-state index contributed by atoms with van der Waals surface area (Å²) < 4.78 is 37.0. The largest absolute Gasteiger partial charge is 0.376 e. The lowest BCUT2D eigenvalue weighted by molar-refractivity contribution is -0.0908. The van der Waals surface area contributed by atoms with Crippen LogP contribution in [0.4, 0.5) is 0 Å². The first-order valence-electron chi connectivity index (χ1n) is 5.41. The number of rotatable bonds is 4. The molecule has 1 atom stereocenters. The van der Waals surface area contributed by atoms with E-state index in [0.29, 0.717) is 24.2 Å². The molecule has 0 bridgehead atoms. The molecule has 8 heteroatoms. The molecule has 2 heterocycles. The van der Waals surface area contributed by atoms with Crippen LogP contribution in [-0.2, 0) is 19.5 Å². The second-order valence-electron chi connectivity index (χ2n) is 3.91. The van der Waals surface area contributed by atoms with Gasteiger partial charge in [-0.25, -0.2) is 8.42 Å². The summed E-state index contributed by atoms with van der Waals surface area (Å²) in [5.41, 5.74) is 0. The van der Waals surface area contributed by atoms with E-state index in [1.807, 2.05) is 0 Å². The molecule has 18 heavy (non-hydrogen) atoms. The molecule has 1 fully saturated rings. The van der Waals surface area contributed by atoms with E-state index in [1.54, 1.807) is 6.07 Å². The molecule has 1 saturated heterocycles. The van der Waals surface area contributed by atoms with Crippen LogP contribution in [0, 0.1) is 0 Å². The molecule has 0 aromatic carbocycles. The Morgan fingerprint density at radius 3 is 2.83 bits per heavy atom. The van der Waals surface area contributed by atoms with E-state index in [0.717, 1.165) is 11.3 Å². The van der Waals surface area contributed by atoms with E-state index in [-0.39, 0.29) is 16.9 Å². The Morgan fingerprint density at radius 2 is 2.28 bits per heavy atom. The summed E-state index contributed by atoms with van der Waals surface area (Å²) in [6, 6.07) is 3.09. The first-order chi connectivity index (χ1) is 8.50. The molecule has 1 aromatic rings. The quantitative estimate of drug-likeness (QED) is 0.844. The molecule has 102 valence electrons. The van der Waals surface area contributed by atoms with Crippen molar-refractivity contribution in [3.05, 3.63) is 16.5 Å². The summed E-state index contributed by atoms with van der Waals surface area (Å²) in [6.07, 6.45) is -0.214. The lowest BCUT2D eigenvalue weighted by Crippen LogP contribution is -2.40. The summed E-state index contributed by atoms with van der Waals surface area (Å²) in [4.78, 5) is 0. The van der Waals surface area contributed by atoms with Crippen molar-refractivity contribution in [1.29, 1.82) is 0 Å². The highest BCUT2D eigenvalue weighted by Gasteiger charge is 2.26. The zero-order chi connectivity index (χ0) is 13.2. The third kappa shape index (κ3) is 3.23. The number of sulfonamides is 1. The molecule has 0 amide bonds. The topological polar surface area (TPSA) is 55.8 Å². The lowest BCUT2D eigenvalue weighted by Gasteiger charge is -2.26. The molecule has 0 radical (unpaired) electrons. The van der Waals surface area contributed by atoms with Crippen molar-refractivity contribution in [3.8, 4) is 0 Å². The molecule has 0 spiro atoms. The second kappa shape index (κ2) is 5.85. The van der Waals surface area contributed by atoms with E-state index in [1.165, 1.54) is 17.4 Å². The van der Waals surface area contributed by atoms with Crippen LogP contribution in [0.15, 0.2) is 16.3 Å². The van der Waals surface area contributed by atoms with Gasteiger partial charge in [-0.05, 0) is 12.1 Å². The van der Waals surface area contributed by atoms with E-state index in [9.17, 15) is 8.42 Å². The molecular weight excluding hydrogens is 298 g/mol. The van der Waals surface area contributed by atoms with Crippen LogP contribution in [0.3, 0.4) is 0 Å². The van der Waals surface area contributed by atoms with Gasteiger partial charge in [-0.1, -0.05) is 11.6 Å². The van der Waals surface area contributed by atoms with Crippen molar-refractivity contribution in [1.82, 2.24) is 4.31 Å². The van der Waals surface area contributed by atoms with Gasteiger partial charge < -0.3 is 9.47 Å². The fourth-order valence-corrected chi connectivity index (χ4v) is 4.51. The normalized spacial score (nSPS) is 21.4. The monoisotopic (exact) mass is 311 g/mol. The molecule has 1 aliphatic rings. The van der Waals surface area contributed by atoms with Gasteiger partial charge in [-0.3, -0.25) is 0 Å². The minimum Gasteiger partial charge on any atom is -0.376 e. The molecule has 0 aliphatic carbocycles. The maximum Gasteiger partial charge on any atom is 0.252 e. The smallest absolute Gasteiger partial charge is 0.252 e. The molecule has 1 aliphatic heterocycles. The predicted molar refractivity (Wildman–Crippen MR) is 69.7 cm³/mol. The van der Waals surface area contributed by atoms with Gasteiger partial charge in [0.15, 0.2) is 0 Å². The maximum absolute atomic E-state index is 12.2. The third-order valence-electron chi connectivity index (χ3n) is 2.56. The fourth-order valence-electron chi connectivity index (χ4n) is 1.62. The molecule has 0 N–H and O–H groups in total. The number of halogens is 1. The Bertz CT molecular complexity index is 496. The van der Waals surface area contributed by atoms with Gasteiger partial charge in [0.2, 0.25) is 0 Å². The van der Waals surface area contributed by atoms with E-state index in [2.05, 4.69) is 0 Å². The number of thiophene rings is 1. The van der Waals surface area contributed by atoms with Crippen LogP contribution in [0.5, 0.6) is 0 Å². The van der Waals surface area contributed by atoms with Crippen LogP contribution in [0.2, 0.25) is 4.34 Å². The highest BCUT2D eigenvalue weighted by Crippen LogP contribution is 2.27. The highest BCUT2D eigenvalue weighted by molar-refractivity contribution is 7.91. The fraction of sp³-hybridized carbons (Fsp3) is 0.600. The average molecular weight is 312 g/mol. The van der Waals surface area contributed by atoms with Gasteiger partial charge in [0.05, 0.1) is 30.3 Å². The molecule has 1 aromatic heterocycles. The standard InChI is InChI=1S/C10H14ClNO4S2/c1-12(6-8-7-15-4-5-16-8)18(13,14)10-3-2-9(11)17-10/h2-3,8H,4-7H2,1H3/t8-/m0/s1. The minimum atomic E-state index is -3.49. The van der Waals surface area contributed by atoms with E-state index < -0.39 is 10.0 Å². The Balaban J connectivity index is 2.05. The summed E-state index contributed by atoms with van der Waals surface area (Å²) >= 11 is 6.80. The highest BCUT2D eigenvalue weighted by atomic mass is 35.5. The van der Waals surface area contributed by atoms with Crippen molar-refractivity contribution in [2.24, 2.45) is 0 Å². The van der Waals surface area contributed by atoms with Crippen molar-refractivity contribution in [2.45, 2.75) is 10.3 Å². The maximum atomic E-state index is 12.2. The average Bonchev–Trinajstić information content (AvgIpc) is 2.78. The second-order valence-corrected chi connectivity index (χ2v) is 7.90. The number of hydrogen-bond donors (Lipinski definition) is 0. The van der Waals surface area contributed by atoms with Gasteiger partial charge in [0.1, 0.15) is 4.21 Å². The Hall–Kier alpha value is -0.180. The van der Waals surface area contributed by atoms with Gasteiger partial charge in [-0.15, -0.1) is 11.3 Å². The van der Waals surface area contributed by atoms with Crippen LogP contribution in [0.25, 0.3) is 0 Å². The van der Waals surface area contributed by atoms with Crippen LogP contribution in [0.1, 0.15) is 0 Å². The number of ether oxygens (including phenoxy) is 2. The van der Waals surface area contributed by atoms with Crippen molar-refractivity contribution in [3.63, 3.8) is 0 Å². The van der Waals surface area contributed by atoms with Gasteiger partial charge >= 0.3 is 0 Å². The number of nitrogens with zero attached hydrogens (tertiary/aromatic N) is 1. The Morgan fingerprint density at radius 1 is 1.50 bits per heavy atom. The number of hydrogen-bond acceptors (Lipinski definition) is 5.